The molecule has 1 saturated heterocycles. The lowest BCUT2D eigenvalue weighted by Gasteiger charge is -2.21. The first-order valence-corrected chi connectivity index (χ1v) is 7.39. The minimum atomic E-state index is -1.06. The number of aromatic nitrogens is 2. The first-order valence-electron chi connectivity index (χ1n) is 6.18. The molecule has 0 aliphatic carbocycles. The second-order valence-electron chi connectivity index (χ2n) is 4.46. The van der Waals surface area contributed by atoms with Crippen molar-refractivity contribution in [3.63, 3.8) is 0 Å². The molecule has 3 rings (SSSR count). The third kappa shape index (κ3) is 2.28. The van der Waals surface area contributed by atoms with Crippen LogP contribution in [-0.4, -0.2) is 32.5 Å². The number of hydrogen-bond donors (Lipinski definition) is 1. The van der Waals surface area contributed by atoms with Crippen molar-refractivity contribution in [3.8, 4) is 0 Å². The minimum Gasteiger partial charge on any atom is -0.316 e. The number of piperidine rings is 1. The number of para-hydroxylation sites is 2. The maximum absolute atomic E-state index is 12.4. The maximum Gasteiger partial charge on any atom is 0.146 e. The van der Waals surface area contributed by atoms with Gasteiger partial charge in [0.15, 0.2) is 0 Å². The number of nitrogens with one attached hydrogen (secondary N) is 1. The molecule has 5 heteroatoms. The van der Waals surface area contributed by atoms with E-state index in [0.29, 0.717) is 5.03 Å². The summed E-state index contributed by atoms with van der Waals surface area (Å²) in [7, 11) is -1.06. The van der Waals surface area contributed by atoms with E-state index in [1.54, 1.807) is 6.20 Å². The Morgan fingerprint density at radius 3 is 2.89 bits per heavy atom. The van der Waals surface area contributed by atoms with Crippen molar-refractivity contribution in [2.75, 3.05) is 13.1 Å². The van der Waals surface area contributed by atoms with Crippen LogP contribution < -0.4 is 5.32 Å². The molecule has 18 heavy (non-hydrogen) atoms. The van der Waals surface area contributed by atoms with Crippen LogP contribution >= 0.6 is 0 Å². The molecule has 0 saturated carbocycles. The van der Waals surface area contributed by atoms with E-state index in [4.69, 9.17) is 0 Å². The lowest BCUT2D eigenvalue weighted by Crippen LogP contribution is -2.36. The normalized spacial score (nSPS) is 21.9. The largest absolute Gasteiger partial charge is 0.316 e. The van der Waals surface area contributed by atoms with Gasteiger partial charge in [-0.1, -0.05) is 12.1 Å². The predicted molar refractivity (Wildman–Crippen MR) is 71.8 cm³/mol. The average molecular weight is 261 g/mol. The summed E-state index contributed by atoms with van der Waals surface area (Å²) in [5.41, 5.74) is 1.66. The number of nitrogens with zero attached hydrogens (tertiary/aromatic N) is 2. The number of fused-ring (bicyclic) bond motifs is 1. The molecule has 1 aliphatic rings. The fraction of sp³-hybridized carbons (Fsp3) is 0.385. The highest BCUT2D eigenvalue weighted by molar-refractivity contribution is 7.85. The van der Waals surface area contributed by atoms with Gasteiger partial charge in [-0.05, 0) is 31.5 Å². The Morgan fingerprint density at radius 1 is 1.28 bits per heavy atom. The van der Waals surface area contributed by atoms with Crippen LogP contribution in [0.5, 0.6) is 0 Å². The Balaban J connectivity index is 1.91. The number of rotatable bonds is 2. The van der Waals surface area contributed by atoms with Crippen LogP contribution in [0.15, 0.2) is 35.5 Å². The standard InChI is InChI=1S/C13H15N3OS/c17-18(10-4-3-7-14-8-10)13-9-15-11-5-1-2-6-12(11)16-13/h1-2,5-6,9-10,14H,3-4,7-8H2/t10-,18+/m0/s1. The zero-order chi connectivity index (χ0) is 12.4. The molecular weight excluding hydrogens is 246 g/mol. The van der Waals surface area contributed by atoms with Gasteiger partial charge in [0.25, 0.3) is 0 Å². The van der Waals surface area contributed by atoms with E-state index in [2.05, 4.69) is 15.3 Å². The van der Waals surface area contributed by atoms with Crippen LogP contribution in [0.1, 0.15) is 12.8 Å². The topological polar surface area (TPSA) is 54.9 Å². The second kappa shape index (κ2) is 5.12. The van der Waals surface area contributed by atoms with Crippen molar-refractivity contribution in [3.05, 3.63) is 30.5 Å². The van der Waals surface area contributed by atoms with Gasteiger partial charge in [-0.15, -0.1) is 0 Å². The Morgan fingerprint density at radius 2 is 2.11 bits per heavy atom. The summed E-state index contributed by atoms with van der Waals surface area (Å²) < 4.78 is 12.4. The third-order valence-electron chi connectivity index (χ3n) is 3.19. The van der Waals surface area contributed by atoms with Gasteiger partial charge in [-0.3, -0.25) is 9.19 Å². The molecule has 0 spiro atoms. The van der Waals surface area contributed by atoms with Crippen LogP contribution in [0.4, 0.5) is 0 Å². The molecular formula is C13H15N3OS. The molecule has 2 atom stereocenters. The van der Waals surface area contributed by atoms with Gasteiger partial charge in [0, 0.05) is 6.54 Å². The van der Waals surface area contributed by atoms with E-state index < -0.39 is 10.8 Å². The summed E-state index contributed by atoms with van der Waals surface area (Å²) in [4.78, 5) is 8.78. The Kier molecular flexibility index (Phi) is 3.34. The summed E-state index contributed by atoms with van der Waals surface area (Å²) in [5.74, 6) is 0. The summed E-state index contributed by atoms with van der Waals surface area (Å²) in [6.07, 6.45) is 3.72. The summed E-state index contributed by atoms with van der Waals surface area (Å²) in [6, 6.07) is 7.67. The van der Waals surface area contributed by atoms with Crippen LogP contribution in [0.3, 0.4) is 0 Å². The van der Waals surface area contributed by atoms with E-state index in [-0.39, 0.29) is 5.25 Å². The quantitative estimate of drug-likeness (QED) is 0.890. The first-order chi connectivity index (χ1) is 8.84. The molecule has 1 aromatic heterocycles. The summed E-state index contributed by atoms with van der Waals surface area (Å²) >= 11 is 0. The molecule has 1 aliphatic heterocycles. The Labute approximate surface area is 108 Å². The smallest absolute Gasteiger partial charge is 0.146 e. The van der Waals surface area contributed by atoms with E-state index >= 15 is 0 Å². The van der Waals surface area contributed by atoms with E-state index in [1.807, 2.05) is 24.3 Å². The second-order valence-corrected chi connectivity index (χ2v) is 6.14. The Hall–Kier alpha value is -1.33. The number of hydrogen-bond acceptors (Lipinski definition) is 4. The van der Waals surface area contributed by atoms with Crippen molar-refractivity contribution in [2.45, 2.75) is 23.1 Å². The Bertz CT molecular complexity index is 581. The lowest BCUT2D eigenvalue weighted by atomic mass is 10.2. The highest BCUT2D eigenvalue weighted by Crippen LogP contribution is 2.17. The van der Waals surface area contributed by atoms with Gasteiger partial charge >= 0.3 is 0 Å². The summed E-state index contributed by atoms with van der Waals surface area (Å²) in [5, 5.41) is 4.04. The molecule has 2 aromatic rings. The third-order valence-corrected chi connectivity index (χ3v) is 4.80. The molecule has 1 N–H and O–H groups in total. The minimum absolute atomic E-state index is 0.161. The van der Waals surface area contributed by atoms with Crippen molar-refractivity contribution in [1.82, 2.24) is 15.3 Å². The predicted octanol–water partition coefficient (Wildman–Crippen LogP) is 1.49. The zero-order valence-electron chi connectivity index (χ0n) is 10.0. The zero-order valence-corrected chi connectivity index (χ0v) is 10.8. The fourth-order valence-corrected chi connectivity index (χ4v) is 3.55. The van der Waals surface area contributed by atoms with Crippen molar-refractivity contribution < 1.29 is 4.21 Å². The first kappa shape index (κ1) is 11.7. The van der Waals surface area contributed by atoms with Crippen molar-refractivity contribution in [1.29, 1.82) is 0 Å². The SMILES string of the molecule is O=[S@@](c1cnc2ccccc2n1)[C@H]1CCCNC1. The van der Waals surface area contributed by atoms with Gasteiger partial charge in [0.2, 0.25) is 0 Å². The van der Waals surface area contributed by atoms with Crippen LogP contribution in [0, 0.1) is 0 Å². The molecule has 0 radical (unpaired) electrons. The maximum atomic E-state index is 12.4. The van der Waals surface area contributed by atoms with E-state index in [0.717, 1.165) is 37.0 Å². The molecule has 4 nitrogen and oxygen atoms in total. The molecule has 0 bridgehead atoms. The molecule has 0 amide bonds. The number of benzene rings is 1. The molecule has 1 aromatic carbocycles. The highest BCUT2D eigenvalue weighted by atomic mass is 32.2. The molecule has 2 heterocycles. The van der Waals surface area contributed by atoms with Gasteiger partial charge in [-0.25, -0.2) is 4.98 Å². The lowest BCUT2D eigenvalue weighted by molar-refractivity contribution is 0.519. The van der Waals surface area contributed by atoms with Gasteiger partial charge in [0.05, 0.1) is 33.3 Å². The molecule has 0 unspecified atom stereocenters. The van der Waals surface area contributed by atoms with Gasteiger partial charge in [-0.2, -0.15) is 0 Å². The monoisotopic (exact) mass is 261 g/mol. The average Bonchev–Trinajstić information content (AvgIpc) is 2.47. The van der Waals surface area contributed by atoms with Crippen molar-refractivity contribution >= 4 is 21.8 Å². The highest BCUT2D eigenvalue weighted by Gasteiger charge is 2.22. The van der Waals surface area contributed by atoms with Crippen LogP contribution in [0.2, 0.25) is 0 Å². The van der Waals surface area contributed by atoms with Gasteiger partial charge < -0.3 is 5.32 Å². The summed E-state index contributed by atoms with van der Waals surface area (Å²) in [6.45, 7) is 1.83. The van der Waals surface area contributed by atoms with Crippen molar-refractivity contribution in [2.24, 2.45) is 0 Å². The van der Waals surface area contributed by atoms with E-state index in [9.17, 15) is 4.21 Å². The van der Waals surface area contributed by atoms with Crippen LogP contribution in [0.25, 0.3) is 11.0 Å². The fourth-order valence-electron chi connectivity index (χ4n) is 2.21. The van der Waals surface area contributed by atoms with Crippen LogP contribution in [-0.2, 0) is 10.8 Å². The van der Waals surface area contributed by atoms with E-state index in [1.165, 1.54) is 0 Å². The molecule has 1 fully saturated rings. The van der Waals surface area contributed by atoms with Gasteiger partial charge in [0.1, 0.15) is 5.03 Å². The molecule has 94 valence electrons.